The summed E-state index contributed by atoms with van der Waals surface area (Å²) in [5, 5.41) is 5.44. The molecule has 32 heavy (non-hydrogen) atoms. The molecule has 2 amide bonds. The highest BCUT2D eigenvalue weighted by Gasteiger charge is 2.18. The standard InChI is InChI=1S/C24H22N2O5S/c1-15(23(27)26-18-7-12-21-22(13-18)31-14-30-21)32-20-10-5-17(6-11-20)25-24(28)16-3-8-19(29-2)9-4-16/h3-13,15H,14H2,1-2H3,(H,25,28)(H,26,27). The number of methoxy groups -OCH3 is 1. The predicted molar refractivity (Wildman–Crippen MR) is 124 cm³/mol. The van der Waals surface area contributed by atoms with E-state index in [9.17, 15) is 9.59 Å². The SMILES string of the molecule is COc1ccc(C(=O)Nc2ccc(SC(C)C(=O)Nc3ccc4c(c3)OCO4)cc2)cc1. The van der Waals surface area contributed by atoms with E-state index in [2.05, 4.69) is 10.6 Å². The van der Waals surface area contributed by atoms with Crippen molar-refractivity contribution < 1.29 is 23.8 Å². The van der Waals surface area contributed by atoms with Gasteiger partial charge >= 0.3 is 0 Å². The molecule has 1 aliphatic heterocycles. The lowest BCUT2D eigenvalue weighted by Gasteiger charge is -2.13. The molecule has 4 rings (SSSR count). The number of amides is 2. The van der Waals surface area contributed by atoms with Crippen molar-refractivity contribution in [3.05, 3.63) is 72.3 Å². The Kier molecular flexibility index (Phi) is 6.51. The number of anilines is 2. The van der Waals surface area contributed by atoms with E-state index in [1.807, 2.05) is 31.2 Å². The molecule has 0 aliphatic carbocycles. The second-order valence-electron chi connectivity index (χ2n) is 7.02. The summed E-state index contributed by atoms with van der Waals surface area (Å²) in [6, 6.07) is 19.6. The van der Waals surface area contributed by atoms with Crippen LogP contribution in [0.2, 0.25) is 0 Å². The number of ether oxygens (including phenoxy) is 3. The third-order valence-corrected chi connectivity index (χ3v) is 5.90. The smallest absolute Gasteiger partial charge is 0.255 e. The summed E-state index contributed by atoms with van der Waals surface area (Å²) in [6.07, 6.45) is 0. The Balaban J connectivity index is 1.31. The van der Waals surface area contributed by atoms with Gasteiger partial charge in [-0.3, -0.25) is 9.59 Å². The average molecular weight is 451 g/mol. The maximum Gasteiger partial charge on any atom is 0.255 e. The summed E-state index contributed by atoms with van der Waals surface area (Å²) in [4.78, 5) is 25.9. The van der Waals surface area contributed by atoms with Crippen molar-refractivity contribution >= 4 is 35.0 Å². The molecule has 0 fully saturated rings. The monoisotopic (exact) mass is 450 g/mol. The lowest BCUT2D eigenvalue weighted by Crippen LogP contribution is -2.22. The molecule has 2 N–H and O–H groups in total. The topological polar surface area (TPSA) is 85.9 Å². The molecular formula is C24H22N2O5S. The van der Waals surface area contributed by atoms with Gasteiger partial charge in [0.05, 0.1) is 12.4 Å². The van der Waals surface area contributed by atoms with Crippen LogP contribution in [0, 0.1) is 0 Å². The minimum Gasteiger partial charge on any atom is -0.497 e. The van der Waals surface area contributed by atoms with E-state index >= 15 is 0 Å². The largest absolute Gasteiger partial charge is 0.497 e. The van der Waals surface area contributed by atoms with Crippen molar-refractivity contribution in [1.29, 1.82) is 0 Å². The van der Waals surface area contributed by atoms with Gasteiger partial charge in [-0.1, -0.05) is 0 Å². The minimum absolute atomic E-state index is 0.120. The number of benzene rings is 3. The fourth-order valence-corrected chi connectivity index (χ4v) is 3.91. The van der Waals surface area contributed by atoms with Gasteiger partial charge in [-0.2, -0.15) is 0 Å². The van der Waals surface area contributed by atoms with Crippen LogP contribution in [0.1, 0.15) is 17.3 Å². The highest BCUT2D eigenvalue weighted by Crippen LogP contribution is 2.34. The number of hydrogen-bond acceptors (Lipinski definition) is 6. The van der Waals surface area contributed by atoms with Crippen LogP contribution in [0.5, 0.6) is 17.2 Å². The van der Waals surface area contributed by atoms with Gasteiger partial charge in [0, 0.05) is 27.9 Å². The van der Waals surface area contributed by atoms with E-state index in [0.29, 0.717) is 34.2 Å². The van der Waals surface area contributed by atoms with Gasteiger partial charge < -0.3 is 24.8 Å². The maximum absolute atomic E-state index is 12.6. The molecule has 0 spiro atoms. The molecule has 0 aromatic heterocycles. The molecule has 8 heteroatoms. The summed E-state index contributed by atoms with van der Waals surface area (Å²) < 4.78 is 15.7. The van der Waals surface area contributed by atoms with Gasteiger partial charge in [0.1, 0.15) is 5.75 Å². The first-order valence-corrected chi connectivity index (χ1v) is 10.8. The summed E-state index contributed by atoms with van der Waals surface area (Å²) in [7, 11) is 1.58. The molecule has 1 atom stereocenters. The van der Waals surface area contributed by atoms with Crippen molar-refractivity contribution in [2.45, 2.75) is 17.1 Å². The molecule has 0 radical (unpaired) electrons. The first-order chi connectivity index (χ1) is 15.5. The molecule has 0 bridgehead atoms. The number of fused-ring (bicyclic) bond motifs is 1. The van der Waals surface area contributed by atoms with Gasteiger partial charge in [-0.05, 0) is 67.6 Å². The molecule has 7 nitrogen and oxygen atoms in total. The second-order valence-corrected chi connectivity index (χ2v) is 8.44. The van der Waals surface area contributed by atoms with Gasteiger partial charge in [-0.15, -0.1) is 11.8 Å². The van der Waals surface area contributed by atoms with E-state index in [0.717, 1.165) is 4.90 Å². The minimum atomic E-state index is -0.319. The van der Waals surface area contributed by atoms with Crippen LogP contribution in [-0.4, -0.2) is 31.0 Å². The maximum atomic E-state index is 12.6. The zero-order chi connectivity index (χ0) is 22.5. The van der Waals surface area contributed by atoms with Gasteiger partial charge in [0.2, 0.25) is 12.7 Å². The highest BCUT2D eigenvalue weighted by molar-refractivity contribution is 8.00. The fourth-order valence-electron chi connectivity index (χ4n) is 3.04. The van der Waals surface area contributed by atoms with Crippen LogP contribution in [0.15, 0.2) is 71.6 Å². The Morgan fingerprint density at radius 1 is 0.906 bits per heavy atom. The Bertz CT molecular complexity index is 1120. The number of rotatable bonds is 7. The lowest BCUT2D eigenvalue weighted by molar-refractivity contribution is -0.115. The molecule has 164 valence electrons. The Labute approximate surface area is 190 Å². The zero-order valence-corrected chi connectivity index (χ0v) is 18.4. The number of nitrogens with one attached hydrogen (secondary N) is 2. The van der Waals surface area contributed by atoms with Crippen LogP contribution in [-0.2, 0) is 4.79 Å². The third kappa shape index (κ3) is 5.15. The summed E-state index contributed by atoms with van der Waals surface area (Å²) in [5.74, 6) is 1.66. The Morgan fingerprint density at radius 2 is 1.59 bits per heavy atom. The van der Waals surface area contributed by atoms with E-state index in [4.69, 9.17) is 14.2 Å². The van der Waals surface area contributed by atoms with Crippen LogP contribution in [0.25, 0.3) is 0 Å². The molecule has 1 aliphatic rings. The molecule has 0 saturated carbocycles. The molecule has 0 saturated heterocycles. The third-order valence-electron chi connectivity index (χ3n) is 4.79. The van der Waals surface area contributed by atoms with E-state index < -0.39 is 0 Å². The van der Waals surface area contributed by atoms with Crippen molar-refractivity contribution in [2.75, 3.05) is 24.5 Å². The van der Waals surface area contributed by atoms with Crippen molar-refractivity contribution in [3.8, 4) is 17.2 Å². The zero-order valence-electron chi connectivity index (χ0n) is 17.6. The molecule has 1 unspecified atom stereocenters. The van der Waals surface area contributed by atoms with Crippen LogP contribution < -0.4 is 24.8 Å². The first-order valence-electron chi connectivity index (χ1n) is 9.94. The molecule has 3 aromatic rings. The molecule has 3 aromatic carbocycles. The van der Waals surface area contributed by atoms with Crippen LogP contribution in [0.4, 0.5) is 11.4 Å². The quantitative estimate of drug-likeness (QED) is 0.503. The van der Waals surface area contributed by atoms with E-state index in [1.165, 1.54) is 11.8 Å². The normalized spacial score (nSPS) is 12.7. The first kappa shape index (κ1) is 21.6. The van der Waals surface area contributed by atoms with Crippen molar-refractivity contribution in [2.24, 2.45) is 0 Å². The number of thioether (sulfide) groups is 1. The fraction of sp³-hybridized carbons (Fsp3) is 0.167. The van der Waals surface area contributed by atoms with Gasteiger partial charge in [0.15, 0.2) is 11.5 Å². The molecular weight excluding hydrogens is 428 g/mol. The second kappa shape index (κ2) is 9.65. The van der Waals surface area contributed by atoms with Crippen molar-refractivity contribution in [1.82, 2.24) is 0 Å². The molecule has 1 heterocycles. The van der Waals surface area contributed by atoms with E-state index in [1.54, 1.807) is 49.6 Å². The number of carbonyl (C=O) groups is 2. The lowest BCUT2D eigenvalue weighted by atomic mass is 10.2. The Morgan fingerprint density at radius 3 is 2.31 bits per heavy atom. The number of hydrogen-bond donors (Lipinski definition) is 2. The predicted octanol–water partition coefficient (Wildman–Crippen LogP) is 4.80. The van der Waals surface area contributed by atoms with Gasteiger partial charge in [-0.25, -0.2) is 0 Å². The average Bonchev–Trinajstić information content (AvgIpc) is 3.28. The summed E-state index contributed by atoms with van der Waals surface area (Å²) in [6.45, 7) is 2.03. The highest BCUT2D eigenvalue weighted by atomic mass is 32.2. The van der Waals surface area contributed by atoms with E-state index in [-0.39, 0.29) is 23.9 Å². The Hall–Kier alpha value is -3.65. The van der Waals surface area contributed by atoms with Gasteiger partial charge in [0.25, 0.3) is 5.91 Å². The van der Waals surface area contributed by atoms with Crippen molar-refractivity contribution in [3.63, 3.8) is 0 Å². The van der Waals surface area contributed by atoms with Crippen LogP contribution >= 0.6 is 11.8 Å². The summed E-state index contributed by atoms with van der Waals surface area (Å²) >= 11 is 1.43. The van der Waals surface area contributed by atoms with Crippen LogP contribution in [0.3, 0.4) is 0 Å². The number of carbonyl (C=O) groups excluding carboxylic acids is 2. The summed E-state index contributed by atoms with van der Waals surface area (Å²) in [5.41, 5.74) is 1.87.